The second-order valence-corrected chi connectivity index (χ2v) is 2.51. The van der Waals surface area contributed by atoms with Crippen LogP contribution in [-0.2, 0) is 4.79 Å². The van der Waals surface area contributed by atoms with Crippen LogP contribution in [0.1, 0.15) is 16.8 Å². The van der Waals surface area contributed by atoms with Crippen LogP contribution in [0.5, 0.6) is 0 Å². The van der Waals surface area contributed by atoms with Gasteiger partial charge in [-0.05, 0) is 37.1 Å². The highest BCUT2D eigenvalue weighted by atomic mass is 16.1. The summed E-state index contributed by atoms with van der Waals surface area (Å²) in [6.45, 7) is 3.99. The maximum absolute atomic E-state index is 10.0. The Labute approximate surface area is 65.9 Å². The van der Waals surface area contributed by atoms with E-state index in [2.05, 4.69) is 4.98 Å². The van der Waals surface area contributed by atoms with Crippen LogP contribution in [0.3, 0.4) is 0 Å². The van der Waals surface area contributed by atoms with Crippen LogP contribution in [0.4, 0.5) is 0 Å². The molecule has 0 aliphatic heterocycles. The first kappa shape index (κ1) is 7.79. The predicted molar refractivity (Wildman–Crippen MR) is 45.4 cm³/mol. The van der Waals surface area contributed by atoms with E-state index in [1.807, 2.05) is 26.1 Å². The Balaban J connectivity index is 3.00. The van der Waals surface area contributed by atoms with Gasteiger partial charge in [0.2, 0.25) is 0 Å². The van der Waals surface area contributed by atoms with Crippen LogP contribution >= 0.6 is 0 Å². The molecule has 0 radical (unpaired) electrons. The van der Waals surface area contributed by atoms with Gasteiger partial charge in [0.1, 0.15) is 6.29 Å². The molecule has 11 heavy (non-hydrogen) atoms. The van der Waals surface area contributed by atoms with Crippen LogP contribution in [0.2, 0.25) is 0 Å². The molecule has 1 aromatic rings. The first-order valence-electron chi connectivity index (χ1n) is 3.52. The summed E-state index contributed by atoms with van der Waals surface area (Å²) in [6.07, 6.45) is 6.03. The fraction of sp³-hybridized carbons (Fsp3) is 0.222. The summed E-state index contributed by atoms with van der Waals surface area (Å²) in [5.41, 5.74) is 3.37. The lowest BCUT2D eigenvalue weighted by Gasteiger charge is -1.90. The Hall–Kier alpha value is -1.31. The summed E-state index contributed by atoms with van der Waals surface area (Å²) < 4.78 is 0. The van der Waals surface area contributed by atoms with Gasteiger partial charge >= 0.3 is 0 Å². The van der Waals surface area contributed by atoms with Gasteiger partial charge in [-0.2, -0.15) is 0 Å². The summed E-state index contributed by atoms with van der Waals surface area (Å²) in [4.78, 5) is 13.1. The van der Waals surface area contributed by atoms with Crippen molar-refractivity contribution in [3.63, 3.8) is 0 Å². The lowest BCUT2D eigenvalue weighted by Crippen LogP contribution is -1.76. The number of nitrogens with one attached hydrogen (secondary N) is 1. The number of rotatable bonds is 2. The molecule has 1 aromatic heterocycles. The van der Waals surface area contributed by atoms with E-state index >= 15 is 0 Å². The SMILES string of the molecule is Cc1c[nH]c(C)c1/C=C/C=O. The van der Waals surface area contributed by atoms with E-state index in [9.17, 15) is 4.79 Å². The standard InChI is InChI=1S/C9H11NO/c1-7-6-10-8(2)9(7)4-3-5-11/h3-6,10H,1-2H3/b4-3+. The Kier molecular flexibility index (Phi) is 2.26. The largest absolute Gasteiger partial charge is 0.364 e. The van der Waals surface area contributed by atoms with E-state index in [1.54, 1.807) is 0 Å². The van der Waals surface area contributed by atoms with Crippen molar-refractivity contribution < 1.29 is 4.79 Å². The minimum absolute atomic E-state index is 0.784. The summed E-state index contributed by atoms with van der Waals surface area (Å²) >= 11 is 0. The Bertz CT molecular complexity index is 264. The molecule has 1 heterocycles. The van der Waals surface area contributed by atoms with Gasteiger partial charge in [0.05, 0.1) is 0 Å². The van der Waals surface area contributed by atoms with E-state index in [4.69, 9.17) is 0 Å². The fourth-order valence-corrected chi connectivity index (χ4v) is 1.06. The molecule has 2 heteroatoms. The van der Waals surface area contributed by atoms with Gasteiger partial charge in [0.15, 0.2) is 0 Å². The van der Waals surface area contributed by atoms with Crippen molar-refractivity contribution in [1.29, 1.82) is 0 Å². The summed E-state index contributed by atoms with van der Waals surface area (Å²) in [5.74, 6) is 0. The third kappa shape index (κ3) is 1.58. The van der Waals surface area contributed by atoms with Gasteiger partial charge in [0, 0.05) is 11.9 Å². The second kappa shape index (κ2) is 3.19. The predicted octanol–water partition coefficient (Wildman–Crippen LogP) is 1.84. The number of hydrogen-bond acceptors (Lipinski definition) is 1. The molecule has 0 atom stereocenters. The van der Waals surface area contributed by atoms with E-state index in [-0.39, 0.29) is 0 Å². The maximum Gasteiger partial charge on any atom is 0.142 e. The lowest BCUT2D eigenvalue weighted by molar-refractivity contribution is -0.104. The van der Waals surface area contributed by atoms with Crippen LogP contribution in [-0.4, -0.2) is 11.3 Å². The number of carbonyl (C=O) groups excluding carboxylic acids is 1. The molecule has 0 saturated heterocycles. The van der Waals surface area contributed by atoms with E-state index in [1.165, 1.54) is 11.6 Å². The van der Waals surface area contributed by atoms with Crippen molar-refractivity contribution in [2.75, 3.05) is 0 Å². The van der Waals surface area contributed by atoms with Crippen LogP contribution < -0.4 is 0 Å². The molecule has 0 fully saturated rings. The van der Waals surface area contributed by atoms with Gasteiger partial charge in [0.25, 0.3) is 0 Å². The number of allylic oxidation sites excluding steroid dienone is 1. The summed E-state index contributed by atoms with van der Waals surface area (Å²) in [6, 6.07) is 0. The molecule has 0 amide bonds. The summed E-state index contributed by atoms with van der Waals surface area (Å²) in [5, 5.41) is 0. The first-order valence-corrected chi connectivity index (χ1v) is 3.52. The van der Waals surface area contributed by atoms with Crippen molar-refractivity contribution in [1.82, 2.24) is 4.98 Å². The molecule has 0 saturated carbocycles. The highest BCUT2D eigenvalue weighted by Crippen LogP contribution is 2.13. The highest BCUT2D eigenvalue weighted by Gasteiger charge is 1.98. The van der Waals surface area contributed by atoms with Gasteiger partial charge in [-0.15, -0.1) is 0 Å². The number of carbonyl (C=O) groups is 1. The maximum atomic E-state index is 10.0. The number of aldehydes is 1. The zero-order valence-electron chi connectivity index (χ0n) is 6.72. The average molecular weight is 149 g/mol. The molecular formula is C9H11NO. The molecule has 0 spiro atoms. The molecule has 0 aliphatic carbocycles. The zero-order valence-corrected chi connectivity index (χ0v) is 6.72. The second-order valence-electron chi connectivity index (χ2n) is 2.51. The number of aromatic amines is 1. The molecule has 0 aromatic carbocycles. The highest BCUT2D eigenvalue weighted by molar-refractivity contribution is 5.75. The smallest absolute Gasteiger partial charge is 0.142 e. The third-order valence-electron chi connectivity index (χ3n) is 1.68. The molecule has 58 valence electrons. The van der Waals surface area contributed by atoms with Crippen molar-refractivity contribution in [3.05, 3.63) is 29.1 Å². The van der Waals surface area contributed by atoms with E-state index < -0.39 is 0 Å². The minimum Gasteiger partial charge on any atom is -0.364 e. The molecule has 2 nitrogen and oxygen atoms in total. The minimum atomic E-state index is 0.784. The molecule has 1 N–H and O–H groups in total. The average Bonchev–Trinajstić information content (AvgIpc) is 2.29. The molecule has 1 rings (SSSR count). The lowest BCUT2D eigenvalue weighted by atomic mass is 10.1. The third-order valence-corrected chi connectivity index (χ3v) is 1.68. The van der Waals surface area contributed by atoms with Gasteiger partial charge in [-0.1, -0.05) is 0 Å². The van der Waals surface area contributed by atoms with Crippen LogP contribution in [0.15, 0.2) is 12.3 Å². The number of aryl methyl sites for hydroxylation is 2. The monoisotopic (exact) mass is 149 g/mol. The summed E-state index contributed by atoms with van der Waals surface area (Å²) in [7, 11) is 0. The number of aromatic nitrogens is 1. The normalized spacial score (nSPS) is 10.7. The molecule has 0 aliphatic rings. The van der Waals surface area contributed by atoms with Crippen molar-refractivity contribution in [3.8, 4) is 0 Å². The first-order chi connectivity index (χ1) is 5.25. The van der Waals surface area contributed by atoms with Crippen molar-refractivity contribution >= 4 is 12.4 Å². The fourth-order valence-electron chi connectivity index (χ4n) is 1.06. The number of H-pyrrole nitrogens is 1. The van der Waals surface area contributed by atoms with Gasteiger partial charge < -0.3 is 4.98 Å². The number of hydrogen-bond donors (Lipinski definition) is 1. The Morgan fingerprint density at radius 3 is 2.64 bits per heavy atom. The van der Waals surface area contributed by atoms with Crippen LogP contribution in [0, 0.1) is 13.8 Å². The Morgan fingerprint density at radius 2 is 2.18 bits per heavy atom. The van der Waals surface area contributed by atoms with Gasteiger partial charge in [-0.25, -0.2) is 0 Å². The Morgan fingerprint density at radius 1 is 1.45 bits per heavy atom. The van der Waals surface area contributed by atoms with E-state index in [0.29, 0.717) is 0 Å². The topological polar surface area (TPSA) is 32.9 Å². The molecular weight excluding hydrogens is 138 g/mol. The van der Waals surface area contributed by atoms with E-state index in [0.717, 1.165) is 17.5 Å². The van der Waals surface area contributed by atoms with Crippen molar-refractivity contribution in [2.45, 2.75) is 13.8 Å². The van der Waals surface area contributed by atoms with Crippen LogP contribution in [0.25, 0.3) is 6.08 Å². The van der Waals surface area contributed by atoms with Gasteiger partial charge in [-0.3, -0.25) is 4.79 Å². The van der Waals surface area contributed by atoms with Crippen molar-refractivity contribution in [2.24, 2.45) is 0 Å². The molecule has 0 bridgehead atoms. The zero-order chi connectivity index (χ0) is 8.27. The quantitative estimate of drug-likeness (QED) is 0.505. The molecule has 0 unspecified atom stereocenters.